The largest absolute Gasteiger partial charge is 0.314 e. The molecular formula is C13H12N2OS. The first-order chi connectivity index (χ1) is 8.24. The molecule has 86 valence electrons. The fourth-order valence-corrected chi connectivity index (χ4v) is 2.67. The Balaban J connectivity index is 2.28. The van der Waals surface area contributed by atoms with Crippen LogP contribution >= 0.6 is 11.3 Å². The number of carbonyl (C=O) groups is 1. The van der Waals surface area contributed by atoms with Crippen molar-refractivity contribution in [2.75, 3.05) is 11.9 Å². The molecule has 0 aliphatic rings. The normalized spacial score (nSPS) is 10.1. The van der Waals surface area contributed by atoms with Crippen molar-refractivity contribution in [2.45, 2.75) is 12.8 Å². The molecule has 0 bridgehead atoms. The molecule has 0 fully saturated rings. The maximum Gasteiger partial charge on any atom is 0.227 e. The Hall–Kier alpha value is -1.86. The van der Waals surface area contributed by atoms with Gasteiger partial charge in [0.05, 0.1) is 11.8 Å². The van der Waals surface area contributed by atoms with Crippen LogP contribution in [0.25, 0.3) is 10.1 Å². The predicted octanol–water partition coefficient (Wildman–Crippen LogP) is 3.17. The molecule has 0 aliphatic heterocycles. The first-order valence-corrected chi connectivity index (χ1v) is 6.21. The van der Waals surface area contributed by atoms with Gasteiger partial charge in [-0.1, -0.05) is 18.2 Å². The third-order valence-corrected chi connectivity index (χ3v) is 3.60. The summed E-state index contributed by atoms with van der Waals surface area (Å²) < 4.78 is 1.17. The lowest BCUT2D eigenvalue weighted by molar-refractivity contribution is -0.118. The van der Waals surface area contributed by atoms with Gasteiger partial charge in [-0.3, -0.25) is 4.79 Å². The number of fused-ring (bicyclic) bond motifs is 1. The van der Waals surface area contributed by atoms with E-state index in [9.17, 15) is 4.79 Å². The zero-order chi connectivity index (χ0) is 12.3. The maximum atomic E-state index is 11.8. The Morgan fingerprint density at radius 1 is 1.47 bits per heavy atom. The average Bonchev–Trinajstić information content (AvgIpc) is 2.78. The van der Waals surface area contributed by atoms with Gasteiger partial charge in [-0.2, -0.15) is 5.26 Å². The Labute approximate surface area is 104 Å². The number of nitriles is 1. The highest BCUT2D eigenvalue weighted by Gasteiger charge is 2.14. The molecule has 0 spiro atoms. The first-order valence-electron chi connectivity index (χ1n) is 5.34. The highest BCUT2D eigenvalue weighted by Crippen LogP contribution is 2.32. The summed E-state index contributed by atoms with van der Waals surface area (Å²) >= 11 is 1.62. The van der Waals surface area contributed by atoms with E-state index in [0.717, 1.165) is 11.1 Å². The third-order valence-electron chi connectivity index (χ3n) is 2.65. The van der Waals surface area contributed by atoms with Crippen LogP contribution in [-0.4, -0.2) is 13.0 Å². The van der Waals surface area contributed by atoms with Crippen LogP contribution in [0.4, 0.5) is 5.69 Å². The predicted molar refractivity (Wildman–Crippen MR) is 70.1 cm³/mol. The summed E-state index contributed by atoms with van der Waals surface area (Å²) in [5.41, 5.74) is 0.925. The van der Waals surface area contributed by atoms with Gasteiger partial charge in [0.1, 0.15) is 0 Å². The topological polar surface area (TPSA) is 44.1 Å². The zero-order valence-corrected chi connectivity index (χ0v) is 10.3. The molecule has 1 heterocycles. The van der Waals surface area contributed by atoms with E-state index in [1.54, 1.807) is 23.3 Å². The molecule has 1 amide bonds. The van der Waals surface area contributed by atoms with Crippen LogP contribution in [0.3, 0.4) is 0 Å². The molecule has 4 heteroatoms. The van der Waals surface area contributed by atoms with E-state index >= 15 is 0 Å². The van der Waals surface area contributed by atoms with Gasteiger partial charge < -0.3 is 4.90 Å². The summed E-state index contributed by atoms with van der Waals surface area (Å²) in [5, 5.41) is 11.5. The molecule has 3 nitrogen and oxygen atoms in total. The van der Waals surface area contributed by atoms with Gasteiger partial charge in [-0.05, 0) is 6.07 Å². The maximum absolute atomic E-state index is 11.8. The second-order valence-electron chi connectivity index (χ2n) is 3.73. The summed E-state index contributed by atoms with van der Waals surface area (Å²) in [4.78, 5) is 13.5. The van der Waals surface area contributed by atoms with Gasteiger partial charge in [-0.15, -0.1) is 11.3 Å². The number of carbonyl (C=O) groups excluding carboxylic acids is 1. The minimum absolute atomic E-state index is 0.0184. The quantitative estimate of drug-likeness (QED) is 0.832. The monoisotopic (exact) mass is 244 g/mol. The molecule has 0 atom stereocenters. The van der Waals surface area contributed by atoms with Crippen molar-refractivity contribution < 1.29 is 4.79 Å². The number of rotatable bonds is 3. The molecule has 0 saturated carbocycles. The van der Waals surface area contributed by atoms with Crippen molar-refractivity contribution in [1.29, 1.82) is 5.26 Å². The fraction of sp³-hybridized carbons (Fsp3) is 0.231. The third kappa shape index (κ3) is 2.29. The Morgan fingerprint density at radius 3 is 3.00 bits per heavy atom. The van der Waals surface area contributed by atoms with Crippen molar-refractivity contribution in [1.82, 2.24) is 0 Å². The Morgan fingerprint density at radius 2 is 2.24 bits per heavy atom. The molecule has 0 unspecified atom stereocenters. The van der Waals surface area contributed by atoms with Crippen molar-refractivity contribution in [3.05, 3.63) is 29.6 Å². The SMILES string of the molecule is CN(C(=O)CCC#N)c1csc2ccccc12. The molecular weight excluding hydrogens is 232 g/mol. The number of anilines is 1. The molecule has 0 saturated heterocycles. The van der Waals surface area contributed by atoms with Gasteiger partial charge in [0.2, 0.25) is 5.91 Å². The minimum atomic E-state index is -0.0184. The second kappa shape index (κ2) is 4.98. The number of benzene rings is 1. The number of amides is 1. The molecule has 1 aromatic heterocycles. The lowest BCUT2D eigenvalue weighted by Gasteiger charge is -2.15. The standard InChI is InChI=1S/C13H12N2OS/c1-15(13(16)7-4-8-14)11-9-17-12-6-3-2-5-10(11)12/h2-3,5-6,9H,4,7H2,1H3. The van der Waals surface area contributed by atoms with Gasteiger partial charge in [-0.25, -0.2) is 0 Å². The number of hydrogen-bond acceptors (Lipinski definition) is 3. The van der Waals surface area contributed by atoms with Crippen molar-refractivity contribution in [3.8, 4) is 6.07 Å². The van der Waals surface area contributed by atoms with E-state index in [0.29, 0.717) is 0 Å². The molecule has 2 aromatic rings. The highest BCUT2D eigenvalue weighted by molar-refractivity contribution is 7.17. The van der Waals surface area contributed by atoms with Crippen molar-refractivity contribution in [2.24, 2.45) is 0 Å². The molecule has 17 heavy (non-hydrogen) atoms. The van der Waals surface area contributed by atoms with Crippen LogP contribution in [-0.2, 0) is 4.79 Å². The van der Waals surface area contributed by atoms with Crippen LogP contribution in [0.1, 0.15) is 12.8 Å². The number of thiophene rings is 1. The van der Waals surface area contributed by atoms with Gasteiger partial charge in [0.25, 0.3) is 0 Å². The average molecular weight is 244 g/mol. The van der Waals surface area contributed by atoms with Crippen LogP contribution in [0.15, 0.2) is 29.6 Å². The summed E-state index contributed by atoms with van der Waals surface area (Å²) in [6, 6.07) is 9.99. The Bertz CT molecular complexity index is 582. The second-order valence-corrected chi connectivity index (χ2v) is 4.64. The number of nitrogens with zero attached hydrogens (tertiary/aromatic N) is 2. The van der Waals surface area contributed by atoms with Crippen LogP contribution < -0.4 is 4.90 Å². The fourth-order valence-electron chi connectivity index (χ4n) is 1.69. The van der Waals surface area contributed by atoms with Crippen molar-refractivity contribution in [3.63, 3.8) is 0 Å². The number of hydrogen-bond donors (Lipinski definition) is 0. The first kappa shape index (κ1) is 11.6. The van der Waals surface area contributed by atoms with Gasteiger partial charge in [0.15, 0.2) is 0 Å². The lowest BCUT2D eigenvalue weighted by Crippen LogP contribution is -2.25. The summed E-state index contributed by atoms with van der Waals surface area (Å²) in [6.45, 7) is 0. The molecule has 1 aromatic carbocycles. The summed E-state index contributed by atoms with van der Waals surface area (Å²) in [5.74, 6) is -0.0184. The highest BCUT2D eigenvalue weighted by atomic mass is 32.1. The molecule has 0 aliphatic carbocycles. The van der Waals surface area contributed by atoms with E-state index in [1.807, 2.05) is 35.7 Å². The van der Waals surface area contributed by atoms with Gasteiger partial charge in [0, 0.05) is 35.4 Å². The van der Waals surface area contributed by atoms with Crippen molar-refractivity contribution >= 4 is 33.0 Å². The van der Waals surface area contributed by atoms with Crippen LogP contribution in [0.5, 0.6) is 0 Å². The molecule has 2 rings (SSSR count). The smallest absolute Gasteiger partial charge is 0.227 e. The van der Waals surface area contributed by atoms with Gasteiger partial charge >= 0.3 is 0 Å². The minimum Gasteiger partial charge on any atom is -0.314 e. The molecule has 0 radical (unpaired) electrons. The summed E-state index contributed by atoms with van der Waals surface area (Å²) in [7, 11) is 1.76. The van der Waals surface area contributed by atoms with Crippen LogP contribution in [0.2, 0.25) is 0 Å². The zero-order valence-electron chi connectivity index (χ0n) is 9.51. The van der Waals surface area contributed by atoms with Crippen LogP contribution in [0, 0.1) is 11.3 Å². The van der Waals surface area contributed by atoms with E-state index < -0.39 is 0 Å². The van der Waals surface area contributed by atoms with E-state index in [4.69, 9.17) is 5.26 Å². The van der Waals surface area contributed by atoms with E-state index in [-0.39, 0.29) is 18.7 Å². The van der Waals surface area contributed by atoms with E-state index in [1.165, 1.54) is 4.70 Å². The van der Waals surface area contributed by atoms with E-state index in [2.05, 4.69) is 0 Å². The Kier molecular flexibility index (Phi) is 3.40. The summed E-state index contributed by atoms with van der Waals surface area (Å²) in [6.07, 6.45) is 0.544. The molecule has 0 N–H and O–H groups in total. The lowest BCUT2D eigenvalue weighted by atomic mass is 10.2.